The lowest BCUT2D eigenvalue weighted by Crippen LogP contribution is -2.32. The molecular weight excluding hydrogens is 344 g/mol. The van der Waals surface area contributed by atoms with Gasteiger partial charge in [0.2, 0.25) is 0 Å². The summed E-state index contributed by atoms with van der Waals surface area (Å²) >= 11 is 0. The molecule has 6 heteroatoms. The smallest absolute Gasteiger partial charge is 0.330 e. The molecule has 0 amide bonds. The van der Waals surface area contributed by atoms with Gasteiger partial charge >= 0.3 is 5.69 Å². The summed E-state index contributed by atoms with van der Waals surface area (Å²) in [6.45, 7) is 2.48. The van der Waals surface area contributed by atoms with Crippen LogP contribution in [0.15, 0.2) is 76.4 Å². The van der Waals surface area contributed by atoms with Crippen molar-refractivity contribution in [3.8, 4) is 0 Å². The van der Waals surface area contributed by atoms with Crippen LogP contribution in [0.4, 0.5) is 0 Å². The SMILES string of the molecule is Cc1cn(COC(COCc2ccccc2)c2ccccc2)c(=O)[nH]c1=O. The Bertz CT molecular complexity index is 965. The van der Waals surface area contributed by atoms with Crippen LogP contribution in [-0.4, -0.2) is 16.2 Å². The number of aromatic nitrogens is 2. The van der Waals surface area contributed by atoms with Crippen molar-refractivity contribution < 1.29 is 9.47 Å². The Kier molecular flexibility index (Phi) is 6.35. The standard InChI is InChI=1S/C21H22N2O4/c1-16-12-23(21(25)22-20(16)24)15-27-19(18-10-6-3-7-11-18)14-26-13-17-8-4-2-5-9-17/h2-12,19H,13-15H2,1H3,(H,22,24,25). The molecule has 0 aliphatic heterocycles. The Morgan fingerprint density at radius 2 is 1.67 bits per heavy atom. The Morgan fingerprint density at radius 1 is 1.00 bits per heavy atom. The van der Waals surface area contributed by atoms with E-state index >= 15 is 0 Å². The first kappa shape index (κ1) is 18.8. The van der Waals surface area contributed by atoms with Gasteiger partial charge in [-0.3, -0.25) is 14.3 Å². The van der Waals surface area contributed by atoms with Gasteiger partial charge in [-0.2, -0.15) is 0 Å². The predicted molar refractivity (Wildman–Crippen MR) is 102 cm³/mol. The second kappa shape index (κ2) is 9.12. The van der Waals surface area contributed by atoms with Crippen molar-refractivity contribution in [3.05, 3.63) is 104 Å². The topological polar surface area (TPSA) is 73.3 Å². The first-order valence-electron chi connectivity index (χ1n) is 8.72. The van der Waals surface area contributed by atoms with Crippen LogP contribution >= 0.6 is 0 Å². The third-order valence-corrected chi connectivity index (χ3v) is 4.16. The van der Waals surface area contributed by atoms with E-state index in [1.807, 2.05) is 60.7 Å². The molecule has 0 bridgehead atoms. The van der Waals surface area contributed by atoms with E-state index < -0.39 is 5.69 Å². The van der Waals surface area contributed by atoms with Crippen LogP contribution in [0.3, 0.4) is 0 Å². The highest BCUT2D eigenvalue weighted by atomic mass is 16.5. The van der Waals surface area contributed by atoms with Crippen molar-refractivity contribution in [2.24, 2.45) is 0 Å². The maximum atomic E-state index is 11.9. The van der Waals surface area contributed by atoms with Crippen molar-refractivity contribution in [2.75, 3.05) is 6.61 Å². The van der Waals surface area contributed by atoms with Gasteiger partial charge in [-0.1, -0.05) is 60.7 Å². The third kappa shape index (κ3) is 5.26. The molecular formula is C21H22N2O4. The average molecular weight is 366 g/mol. The van der Waals surface area contributed by atoms with Crippen molar-refractivity contribution in [2.45, 2.75) is 26.4 Å². The summed E-state index contributed by atoms with van der Waals surface area (Å²) in [7, 11) is 0. The highest BCUT2D eigenvalue weighted by molar-refractivity contribution is 5.18. The predicted octanol–water partition coefficient (Wildman–Crippen LogP) is 2.78. The van der Waals surface area contributed by atoms with E-state index in [0.29, 0.717) is 18.8 Å². The summed E-state index contributed by atoms with van der Waals surface area (Å²) in [6, 6.07) is 19.6. The summed E-state index contributed by atoms with van der Waals surface area (Å²) in [5, 5.41) is 0. The zero-order valence-electron chi connectivity index (χ0n) is 15.1. The van der Waals surface area contributed by atoms with E-state index in [1.165, 1.54) is 10.8 Å². The van der Waals surface area contributed by atoms with Gasteiger partial charge in [0.05, 0.1) is 13.2 Å². The molecule has 0 spiro atoms. The largest absolute Gasteiger partial charge is 0.374 e. The van der Waals surface area contributed by atoms with Gasteiger partial charge in [-0.05, 0) is 18.1 Å². The second-order valence-electron chi connectivity index (χ2n) is 6.24. The molecule has 1 N–H and O–H groups in total. The molecule has 0 aliphatic rings. The van der Waals surface area contributed by atoms with Gasteiger partial charge in [0.15, 0.2) is 0 Å². The fourth-order valence-electron chi connectivity index (χ4n) is 2.65. The molecule has 0 saturated carbocycles. The van der Waals surface area contributed by atoms with E-state index in [0.717, 1.165) is 11.1 Å². The van der Waals surface area contributed by atoms with Gasteiger partial charge in [0.1, 0.15) is 12.8 Å². The summed E-state index contributed by atoms with van der Waals surface area (Å²) in [5.74, 6) is 0. The van der Waals surface area contributed by atoms with Crippen molar-refractivity contribution in [3.63, 3.8) is 0 Å². The molecule has 27 heavy (non-hydrogen) atoms. The summed E-state index contributed by atoms with van der Waals surface area (Å²) in [6.07, 6.45) is 1.16. The van der Waals surface area contributed by atoms with Gasteiger partial charge in [0.25, 0.3) is 5.56 Å². The molecule has 1 heterocycles. The number of rotatable bonds is 8. The normalized spacial score (nSPS) is 12.0. The number of nitrogens with zero attached hydrogens (tertiary/aromatic N) is 1. The van der Waals surface area contributed by atoms with Crippen molar-refractivity contribution in [1.82, 2.24) is 9.55 Å². The molecule has 1 unspecified atom stereocenters. The highest BCUT2D eigenvalue weighted by Crippen LogP contribution is 2.18. The lowest BCUT2D eigenvalue weighted by Gasteiger charge is -2.19. The Labute approximate surface area is 157 Å². The number of ether oxygens (including phenoxy) is 2. The summed E-state index contributed by atoms with van der Waals surface area (Å²) in [4.78, 5) is 25.7. The van der Waals surface area contributed by atoms with Gasteiger partial charge in [0, 0.05) is 11.8 Å². The lowest BCUT2D eigenvalue weighted by atomic mass is 10.1. The molecule has 2 aromatic carbocycles. The summed E-state index contributed by atoms with van der Waals surface area (Å²) < 4.78 is 13.1. The molecule has 3 aromatic rings. The minimum Gasteiger partial charge on any atom is -0.374 e. The number of hydrogen-bond donors (Lipinski definition) is 1. The molecule has 3 rings (SSSR count). The monoisotopic (exact) mass is 366 g/mol. The minimum atomic E-state index is -0.498. The lowest BCUT2D eigenvalue weighted by molar-refractivity contribution is -0.0522. The third-order valence-electron chi connectivity index (χ3n) is 4.16. The number of benzene rings is 2. The zero-order valence-corrected chi connectivity index (χ0v) is 15.1. The number of hydrogen-bond acceptors (Lipinski definition) is 4. The molecule has 140 valence electrons. The molecule has 6 nitrogen and oxygen atoms in total. The molecule has 0 radical (unpaired) electrons. The van der Waals surface area contributed by atoms with Crippen LogP contribution in [0.1, 0.15) is 22.8 Å². The molecule has 0 fully saturated rings. The highest BCUT2D eigenvalue weighted by Gasteiger charge is 2.13. The molecule has 1 atom stereocenters. The van der Waals surface area contributed by atoms with Crippen LogP contribution in [-0.2, 0) is 22.8 Å². The van der Waals surface area contributed by atoms with E-state index in [-0.39, 0.29) is 18.4 Å². The maximum Gasteiger partial charge on any atom is 0.330 e. The molecule has 1 aromatic heterocycles. The Hall–Kier alpha value is -2.96. The summed E-state index contributed by atoms with van der Waals surface area (Å²) in [5.41, 5.74) is 1.61. The van der Waals surface area contributed by atoms with Crippen LogP contribution in [0, 0.1) is 6.92 Å². The average Bonchev–Trinajstić information content (AvgIpc) is 2.69. The number of aromatic amines is 1. The van der Waals surface area contributed by atoms with Crippen molar-refractivity contribution in [1.29, 1.82) is 0 Å². The van der Waals surface area contributed by atoms with Gasteiger partial charge in [-0.25, -0.2) is 4.79 Å². The number of H-pyrrole nitrogens is 1. The van der Waals surface area contributed by atoms with Crippen molar-refractivity contribution >= 4 is 0 Å². The number of nitrogens with one attached hydrogen (secondary N) is 1. The first-order valence-corrected chi connectivity index (χ1v) is 8.72. The number of aryl methyl sites for hydroxylation is 1. The van der Waals surface area contributed by atoms with Crippen LogP contribution in [0.2, 0.25) is 0 Å². The minimum absolute atomic E-state index is 0.0186. The maximum absolute atomic E-state index is 11.9. The Balaban J connectivity index is 1.68. The van der Waals surface area contributed by atoms with Gasteiger partial charge in [-0.15, -0.1) is 0 Å². The van der Waals surface area contributed by atoms with Crippen LogP contribution in [0.5, 0.6) is 0 Å². The van der Waals surface area contributed by atoms with Crippen LogP contribution < -0.4 is 11.2 Å². The molecule has 0 saturated heterocycles. The van der Waals surface area contributed by atoms with E-state index in [9.17, 15) is 9.59 Å². The Morgan fingerprint density at radius 3 is 2.37 bits per heavy atom. The fourth-order valence-corrected chi connectivity index (χ4v) is 2.65. The van der Waals surface area contributed by atoms with E-state index in [4.69, 9.17) is 9.47 Å². The zero-order chi connectivity index (χ0) is 19.1. The fraction of sp³-hybridized carbons (Fsp3) is 0.238. The second-order valence-corrected chi connectivity index (χ2v) is 6.24. The first-order chi connectivity index (χ1) is 13.1. The van der Waals surface area contributed by atoms with E-state index in [1.54, 1.807) is 6.92 Å². The van der Waals surface area contributed by atoms with Crippen LogP contribution in [0.25, 0.3) is 0 Å². The van der Waals surface area contributed by atoms with E-state index in [2.05, 4.69) is 4.98 Å². The quantitative estimate of drug-likeness (QED) is 0.665. The molecule has 0 aliphatic carbocycles. The van der Waals surface area contributed by atoms with Gasteiger partial charge < -0.3 is 9.47 Å².